The zero-order valence-electron chi connectivity index (χ0n) is 12.7. The van der Waals surface area contributed by atoms with Crippen LogP contribution in [0.15, 0.2) is 60.7 Å². The van der Waals surface area contributed by atoms with Crippen LogP contribution < -0.4 is 10.2 Å². The highest BCUT2D eigenvalue weighted by Crippen LogP contribution is 2.31. The number of nitrogens with zero attached hydrogens (tertiary/aromatic N) is 1. The lowest BCUT2D eigenvalue weighted by Crippen LogP contribution is -2.07. The maximum absolute atomic E-state index is 12.0. The van der Waals surface area contributed by atoms with Crippen LogP contribution in [0.5, 0.6) is 0 Å². The van der Waals surface area contributed by atoms with Gasteiger partial charge in [0.25, 0.3) is 5.91 Å². The van der Waals surface area contributed by atoms with Crippen molar-refractivity contribution < 1.29 is 4.79 Å². The second-order valence-electron chi connectivity index (χ2n) is 5.43. The number of benzene rings is 2. The summed E-state index contributed by atoms with van der Waals surface area (Å²) in [6, 6.07) is 16.0. The van der Waals surface area contributed by atoms with Crippen LogP contribution in [-0.2, 0) is 4.79 Å². The number of para-hydroxylation sites is 1. The van der Waals surface area contributed by atoms with E-state index in [2.05, 4.69) is 34.5 Å². The Kier molecular flexibility index (Phi) is 3.79. The molecule has 0 radical (unpaired) electrons. The summed E-state index contributed by atoms with van der Waals surface area (Å²) in [5.74, 6) is -0.0474. The van der Waals surface area contributed by atoms with Crippen LogP contribution in [0.1, 0.15) is 11.1 Å². The number of carbonyl (C=O) groups is 1. The van der Waals surface area contributed by atoms with E-state index < -0.39 is 0 Å². The first-order valence-electron chi connectivity index (χ1n) is 7.21. The molecule has 0 aliphatic carbocycles. The minimum Gasteiger partial charge on any atom is -0.378 e. The number of allylic oxidation sites excluding steroid dienone is 2. The molecule has 1 aliphatic heterocycles. The summed E-state index contributed by atoms with van der Waals surface area (Å²) in [5.41, 5.74) is 4.81. The number of nitrogens with one attached hydrogen (secondary N) is 1. The van der Waals surface area contributed by atoms with E-state index in [0.29, 0.717) is 5.57 Å². The molecule has 3 nitrogen and oxygen atoms in total. The van der Waals surface area contributed by atoms with Gasteiger partial charge in [0.05, 0.1) is 0 Å². The van der Waals surface area contributed by atoms with Crippen molar-refractivity contribution in [2.24, 2.45) is 0 Å². The van der Waals surface area contributed by atoms with E-state index in [1.165, 1.54) is 5.69 Å². The van der Waals surface area contributed by atoms with Crippen LogP contribution in [-0.4, -0.2) is 20.0 Å². The summed E-state index contributed by atoms with van der Waals surface area (Å²) in [4.78, 5) is 14.0. The molecule has 0 bridgehead atoms. The van der Waals surface area contributed by atoms with Gasteiger partial charge in [0, 0.05) is 36.6 Å². The van der Waals surface area contributed by atoms with E-state index in [-0.39, 0.29) is 5.91 Å². The first kappa shape index (κ1) is 14.1. The van der Waals surface area contributed by atoms with Crippen LogP contribution in [0.25, 0.3) is 11.6 Å². The van der Waals surface area contributed by atoms with Gasteiger partial charge in [0.2, 0.25) is 0 Å². The lowest BCUT2D eigenvalue weighted by Gasteiger charge is -2.11. The van der Waals surface area contributed by atoms with E-state index in [0.717, 1.165) is 16.8 Å². The lowest BCUT2D eigenvalue weighted by molar-refractivity contribution is -0.110. The smallest absolute Gasteiger partial charge is 0.256 e. The van der Waals surface area contributed by atoms with Gasteiger partial charge in [0.1, 0.15) is 0 Å². The molecule has 0 saturated carbocycles. The van der Waals surface area contributed by atoms with Crippen LogP contribution in [0.4, 0.5) is 11.4 Å². The van der Waals surface area contributed by atoms with Gasteiger partial charge in [0.15, 0.2) is 0 Å². The predicted octanol–water partition coefficient (Wildman–Crippen LogP) is 3.80. The number of anilines is 2. The van der Waals surface area contributed by atoms with Crippen molar-refractivity contribution >= 4 is 28.9 Å². The third-order valence-electron chi connectivity index (χ3n) is 3.67. The minimum atomic E-state index is -0.0474. The largest absolute Gasteiger partial charge is 0.378 e. The molecule has 1 aliphatic rings. The number of hydrogen-bond donors (Lipinski definition) is 1. The first-order valence-corrected chi connectivity index (χ1v) is 7.21. The highest BCUT2D eigenvalue weighted by atomic mass is 16.2. The quantitative estimate of drug-likeness (QED) is 0.872. The van der Waals surface area contributed by atoms with E-state index >= 15 is 0 Å². The second-order valence-corrected chi connectivity index (χ2v) is 5.43. The standard InChI is InChI=1S/C19H18N2O/c1-21(2)15-12-10-14(11-13-15)6-5-8-17-16-7-3-4-9-18(16)20-19(17)22/h3-13H,1-2H3,(H,20,22)/b6-5+,17-8+. The molecule has 1 amide bonds. The van der Waals surface area contributed by atoms with Crippen molar-refractivity contribution in [3.63, 3.8) is 0 Å². The zero-order valence-corrected chi connectivity index (χ0v) is 12.7. The summed E-state index contributed by atoms with van der Waals surface area (Å²) in [5, 5.41) is 2.87. The molecule has 2 aromatic rings. The van der Waals surface area contributed by atoms with Crippen molar-refractivity contribution in [2.45, 2.75) is 0 Å². The molecule has 0 aromatic heterocycles. The molecule has 3 rings (SSSR count). The molecule has 0 fully saturated rings. The van der Waals surface area contributed by atoms with Gasteiger partial charge in [-0.25, -0.2) is 0 Å². The average Bonchev–Trinajstić information content (AvgIpc) is 2.84. The average molecular weight is 290 g/mol. The van der Waals surface area contributed by atoms with Crippen molar-refractivity contribution in [1.29, 1.82) is 0 Å². The Morgan fingerprint density at radius 2 is 1.73 bits per heavy atom. The number of amides is 1. The summed E-state index contributed by atoms with van der Waals surface area (Å²) >= 11 is 0. The summed E-state index contributed by atoms with van der Waals surface area (Å²) in [6.07, 6.45) is 5.78. The Balaban J connectivity index is 1.80. The molecule has 0 atom stereocenters. The van der Waals surface area contributed by atoms with E-state index in [1.807, 2.05) is 56.6 Å². The van der Waals surface area contributed by atoms with Crippen LogP contribution in [0, 0.1) is 0 Å². The number of fused-ring (bicyclic) bond motifs is 1. The Morgan fingerprint density at radius 1 is 1.00 bits per heavy atom. The predicted molar refractivity (Wildman–Crippen MR) is 92.9 cm³/mol. The molecular weight excluding hydrogens is 272 g/mol. The second kappa shape index (κ2) is 5.90. The Morgan fingerprint density at radius 3 is 2.45 bits per heavy atom. The molecule has 0 saturated heterocycles. The fourth-order valence-corrected chi connectivity index (χ4v) is 2.44. The highest BCUT2D eigenvalue weighted by Gasteiger charge is 2.22. The van der Waals surface area contributed by atoms with Crippen molar-refractivity contribution in [3.05, 3.63) is 71.8 Å². The van der Waals surface area contributed by atoms with Crippen molar-refractivity contribution in [3.8, 4) is 0 Å². The Labute approximate surface area is 130 Å². The third-order valence-corrected chi connectivity index (χ3v) is 3.67. The summed E-state index contributed by atoms with van der Waals surface area (Å²) in [7, 11) is 4.04. The monoisotopic (exact) mass is 290 g/mol. The maximum Gasteiger partial charge on any atom is 0.256 e. The van der Waals surface area contributed by atoms with E-state index in [1.54, 1.807) is 0 Å². The molecule has 1 heterocycles. The zero-order chi connectivity index (χ0) is 15.5. The van der Waals surface area contributed by atoms with Crippen LogP contribution >= 0.6 is 0 Å². The van der Waals surface area contributed by atoms with Gasteiger partial charge in [-0.2, -0.15) is 0 Å². The summed E-state index contributed by atoms with van der Waals surface area (Å²) < 4.78 is 0. The number of hydrogen-bond acceptors (Lipinski definition) is 2. The molecule has 0 unspecified atom stereocenters. The van der Waals surface area contributed by atoms with Crippen molar-refractivity contribution in [1.82, 2.24) is 0 Å². The topological polar surface area (TPSA) is 32.3 Å². The molecular formula is C19H18N2O. The van der Waals surface area contributed by atoms with Gasteiger partial charge in [-0.3, -0.25) is 4.79 Å². The molecule has 2 aromatic carbocycles. The SMILES string of the molecule is CN(C)c1ccc(/C=C/C=C2/C(=O)Nc3ccccc32)cc1. The fourth-order valence-electron chi connectivity index (χ4n) is 2.44. The number of rotatable bonds is 3. The lowest BCUT2D eigenvalue weighted by atomic mass is 10.1. The fraction of sp³-hybridized carbons (Fsp3) is 0.105. The molecule has 1 N–H and O–H groups in total. The minimum absolute atomic E-state index is 0.0474. The number of carbonyl (C=O) groups excluding carboxylic acids is 1. The van der Waals surface area contributed by atoms with Gasteiger partial charge in [-0.1, -0.05) is 42.5 Å². The normalized spacial score (nSPS) is 15.2. The summed E-state index contributed by atoms with van der Waals surface area (Å²) in [6.45, 7) is 0. The van der Waals surface area contributed by atoms with E-state index in [9.17, 15) is 4.79 Å². The highest BCUT2D eigenvalue weighted by molar-refractivity contribution is 6.31. The van der Waals surface area contributed by atoms with Gasteiger partial charge in [-0.15, -0.1) is 0 Å². The van der Waals surface area contributed by atoms with Gasteiger partial charge >= 0.3 is 0 Å². The van der Waals surface area contributed by atoms with Crippen LogP contribution in [0.2, 0.25) is 0 Å². The van der Waals surface area contributed by atoms with Gasteiger partial charge in [-0.05, 0) is 29.8 Å². The molecule has 3 heteroatoms. The van der Waals surface area contributed by atoms with Crippen LogP contribution in [0.3, 0.4) is 0 Å². The van der Waals surface area contributed by atoms with Crippen molar-refractivity contribution in [2.75, 3.05) is 24.3 Å². The molecule has 110 valence electrons. The van der Waals surface area contributed by atoms with Gasteiger partial charge < -0.3 is 10.2 Å². The Bertz CT molecular complexity index is 755. The third kappa shape index (κ3) is 2.79. The molecule has 0 spiro atoms. The first-order chi connectivity index (χ1) is 10.6. The van der Waals surface area contributed by atoms with E-state index in [4.69, 9.17) is 0 Å². The Hall–Kier alpha value is -2.81. The maximum atomic E-state index is 12.0. The molecule has 22 heavy (non-hydrogen) atoms.